The number of amides is 1. The molecule has 0 saturated carbocycles. The van der Waals surface area contributed by atoms with Crippen molar-refractivity contribution in [3.8, 4) is 11.1 Å². The molecule has 1 fully saturated rings. The summed E-state index contributed by atoms with van der Waals surface area (Å²) in [6.45, 7) is 1.07. The highest BCUT2D eigenvalue weighted by atomic mass is 32.2. The van der Waals surface area contributed by atoms with Crippen molar-refractivity contribution in [2.75, 3.05) is 12.8 Å². The highest BCUT2D eigenvalue weighted by Crippen LogP contribution is 2.37. The van der Waals surface area contributed by atoms with Crippen molar-refractivity contribution in [2.45, 2.75) is 43.9 Å². The molecule has 2 aromatic rings. The number of carbonyl (C=O) groups is 1. The van der Waals surface area contributed by atoms with E-state index in [1.807, 2.05) is 4.72 Å². The van der Waals surface area contributed by atoms with Crippen LogP contribution in [0.4, 0.5) is 22.0 Å². The second kappa shape index (κ2) is 8.90. The van der Waals surface area contributed by atoms with Gasteiger partial charge in [0, 0.05) is 17.9 Å². The number of rotatable bonds is 6. The molecule has 34 heavy (non-hydrogen) atoms. The van der Waals surface area contributed by atoms with E-state index >= 15 is 4.39 Å². The highest BCUT2D eigenvalue weighted by molar-refractivity contribution is 7.89. The summed E-state index contributed by atoms with van der Waals surface area (Å²) in [6.07, 6.45) is 0.377. The first-order chi connectivity index (χ1) is 15.5. The predicted molar refractivity (Wildman–Crippen MR) is 116 cm³/mol. The van der Waals surface area contributed by atoms with Gasteiger partial charge in [-0.25, -0.2) is 35.7 Å². The third-order valence-corrected chi connectivity index (χ3v) is 6.14. The zero-order chi connectivity index (χ0) is 25.6. The van der Waals surface area contributed by atoms with E-state index < -0.39 is 69.8 Å². The van der Waals surface area contributed by atoms with E-state index in [4.69, 9.17) is 4.78 Å². The number of benzene rings is 2. The predicted octanol–water partition coefficient (Wildman–Crippen LogP) is 3.48. The number of alkyl halides is 2. The van der Waals surface area contributed by atoms with E-state index in [-0.39, 0.29) is 16.7 Å². The lowest BCUT2D eigenvalue weighted by Gasteiger charge is -2.32. The molecule has 1 amide bonds. The molecule has 6 nitrogen and oxygen atoms in total. The fourth-order valence-corrected chi connectivity index (χ4v) is 4.82. The Morgan fingerprint density at radius 1 is 1.24 bits per heavy atom. The Morgan fingerprint density at radius 3 is 2.35 bits per heavy atom. The molecule has 3 N–H and O–H groups in total. The molecule has 1 saturated heterocycles. The molecule has 186 valence electrons. The Morgan fingerprint density at radius 2 is 1.82 bits per heavy atom. The van der Waals surface area contributed by atoms with Crippen LogP contribution in [0.3, 0.4) is 0 Å². The summed E-state index contributed by atoms with van der Waals surface area (Å²) in [5, 5.41) is 10.1. The topological polar surface area (TPSA) is 93.5 Å². The van der Waals surface area contributed by atoms with Crippen LogP contribution in [-0.2, 0) is 21.1 Å². The van der Waals surface area contributed by atoms with Gasteiger partial charge in [0.2, 0.25) is 0 Å². The molecular weight excluding hydrogens is 481 g/mol. The minimum absolute atomic E-state index is 0.115. The summed E-state index contributed by atoms with van der Waals surface area (Å²) in [5.41, 5.74) is -2.49. The Bertz CT molecular complexity index is 1190. The molecular formula is C22H24F5N3O3S. The van der Waals surface area contributed by atoms with E-state index in [1.54, 1.807) is 0 Å². The van der Waals surface area contributed by atoms with E-state index in [0.29, 0.717) is 11.0 Å². The summed E-state index contributed by atoms with van der Waals surface area (Å²) in [4.78, 5) is 13.4. The van der Waals surface area contributed by atoms with Crippen LogP contribution < -0.4 is 4.72 Å². The number of nitrogens with one attached hydrogen (secondary N) is 2. The Kier molecular flexibility index (Phi) is 6.81. The molecule has 0 radical (unpaired) electrons. The van der Waals surface area contributed by atoms with Crippen molar-refractivity contribution >= 4 is 15.8 Å². The Labute approximate surface area is 193 Å². The van der Waals surface area contributed by atoms with Gasteiger partial charge < -0.3 is 10.0 Å². The monoisotopic (exact) mass is 505 g/mol. The second-order valence-electron chi connectivity index (χ2n) is 8.90. The lowest BCUT2D eigenvalue weighted by atomic mass is 9.94. The fourth-order valence-electron chi connectivity index (χ4n) is 4.01. The maximum absolute atomic E-state index is 15.4. The number of likely N-dealkylation sites (tertiary alicyclic amines) is 1. The van der Waals surface area contributed by atoms with E-state index in [9.17, 15) is 31.7 Å². The number of carbonyl (C=O) groups excluding carboxylic acids is 1. The van der Waals surface area contributed by atoms with Gasteiger partial charge in [-0.3, -0.25) is 4.79 Å². The summed E-state index contributed by atoms with van der Waals surface area (Å²) >= 11 is 0. The Hall–Kier alpha value is -2.57. The average molecular weight is 506 g/mol. The van der Waals surface area contributed by atoms with Crippen LogP contribution in [0.25, 0.3) is 11.1 Å². The maximum Gasteiger partial charge on any atom is 0.283 e. The lowest BCUT2D eigenvalue weighted by Crippen LogP contribution is -2.54. The van der Waals surface area contributed by atoms with Gasteiger partial charge in [-0.05, 0) is 43.5 Å². The number of nitrogens with zero attached hydrogens (tertiary/aromatic N) is 1. The third-order valence-electron chi connectivity index (χ3n) is 5.44. The summed E-state index contributed by atoms with van der Waals surface area (Å²) in [5.74, 6) is -7.52. The molecule has 3 rings (SSSR count). The lowest BCUT2D eigenvalue weighted by molar-refractivity contribution is -0.149. The van der Waals surface area contributed by atoms with Crippen LogP contribution in [-0.4, -0.2) is 56.5 Å². The second-order valence-corrected chi connectivity index (χ2v) is 10.8. The van der Waals surface area contributed by atoms with Gasteiger partial charge in [0.1, 0.15) is 39.0 Å². The number of hydrogen-bond acceptors (Lipinski definition) is 4. The third kappa shape index (κ3) is 5.56. The van der Waals surface area contributed by atoms with Crippen molar-refractivity contribution in [1.82, 2.24) is 9.62 Å². The van der Waals surface area contributed by atoms with E-state index in [2.05, 4.69) is 0 Å². The average Bonchev–Trinajstić information content (AvgIpc) is 2.90. The van der Waals surface area contributed by atoms with Crippen molar-refractivity contribution in [3.63, 3.8) is 0 Å². The van der Waals surface area contributed by atoms with E-state index in [0.717, 1.165) is 32.2 Å². The number of aliphatic hydroxyl groups is 1. The van der Waals surface area contributed by atoms with Crippen molar-refractivity contribution in [3.05, 3.63) is 59.4 Å². The van der Waals surface area contributed by atoms with Crippen LogP contribution in [0, 0.1) is 22.2 Å². The van der Waals surface area contributed by atoms with Gasteiger partial charge in [-0.2, -0.15) is 0 Å². The number of hydrogen-bond donors (Lipinski definition) is 3. The van der Waals surface area contributed by atoms with Crippen molar-refractivity contribution in [1.29, 1.82) is 4.78 Å². The van der Waals surface area contributed by atoms with Crippen LogP contribution in [0.15, 0.2) is 36.4 Å². The maximum atomic E-state index is 15.4. The fraction of sp³-hybridized carbons (Fsp3) is 0.409. The smallest absolute Gasteiger partial charge is 0.283 e. The molecule has 12 heteroatoms. The summed E-state index contributed by atoms with van der Waals surface area (Å²) in [6, 6.07) is 2.85. The normalized spacial score (nSPS) is 22.0. The van der Waals surface area contributed by atoms with Crippen molar-refractivity contribution < 1.29 is 36.1 Å². The first-order valence-electron chi connectivity index (χ1n) is 10.2. The zero-order valence-corrected chi connectivity index (χ0v) is 19.4. The highest BCUT2D eigenvalue weighted by Gasteiger charge is 2.57. The molecule has 1 aliphatic rings. The minimum atomic E-state index is -3.67. The standard InChI is InChI=1S/C22H24F5N3O3S/c1-21(2,32)20(31)30-11-22(26,27)19(29-34(3,28)33)17(30)9-12-5-4-6-16(18(12)25)13-7-14(23)10-15(24)8-13/h4-8,10,17,19,32H,9,11H2,1-3H3,(H2,28,29,33)/t17-,19+,34?/m0/s1. The summed E-state index contributed by atoms with van der Waals surface area (Å²) in [7, 11) is -3.67. The Balaban J connectivity index is 2.08. The van der Waals surface area contributed by atoms with Crippen LogP contribution >= 0.6 is 0 Å². The van der Waals surface area contributed by atoms with Crippen LogP contribution in [0.2, 0.25) is 0 Å². The van der Waals surface area contributed by atoms with Crippen molar-refractivity contribution in [2.24, 2.45) is 0 Å². The first-order valence-corrected chi connectivity index (χ1v) is 12.1. The van der Waals surface area contributed by atoms with Crippen LogP contribution in [0.5, 0.6) is 0 Å². The van der Waals surface area contributed by atoms with Gasteiger partial charge in [0.05, 0.1) is 12.6 Å². The van der Waals surface area contributed by atoms with Gasteiger partial charge in [0.15, 0.2) is 0 Å². The summed E-state index contributed by atoms with van der Waals surface area (Å²) < 4.78 is 94.1. The first kappa shape index (κ1) is 26.0. The molecule has 2 aromatic carbocycles. The molecule has 3 atom stereocenters. The number of halogens is 5. The molecule has 0 spiro atoms. The molecule has 0 aliphatic carbocycles. The van der Waals surface area contributed by atoms with E-state index in [1.165, 1.54) is 18.2 Å². The molecule has 0 aromatic heterocycles. The molecule has 0 bridgehead atoms. The quantitative estimate of drug-likeness (QED) is 0.525. The minimum Gasteiger partial charge on any atom is -0.381 e. The van der Waals surface area contributed by atoms with Gasteiger partial charge in [0.25, 0.3) is 11.8 Å². The largest absolute Gasteiger partial charge is 0.381 e. The molecule has 1 heterocycles. The zero-order valence-electron chi connectivity index (χ0n) is 18.5. The van der Waals surface area contributed by atoms with Crippen LogP contribution in [0.1, 0.15) is 19.4 Å². The van der Waals surface area contributed by atoms with Gasteiger partial charge in [-0.1, -0.05) is 18.2 Å². The molecule has 1 aliphatic heterocycles. The van der Waals surface area contributed by atoms with Gasteiger partial charge >= 0.3 is 0 Å². The SMILES string of the molecule is CC(C)(O)C(=O)N1CC(F)(F)[C@H](NS(C)(=N)=O)[C@@H]1Cc1cccc(-c2cc(F)cc(F)c2)c1F. The molecule has 1 unspecified atom stereocenters. The van der Waals surface area contributed by atoms with Gasteiger partial charge in [-0.15, -0.1) is 0 Å².